The highest BCUT2D eigenvalue weighted by Crippen LogP contribution is 2.27. The number of nitrogens with zero attached hydrogens (tertiary/aromatic N) is 3. The minimum Gasteiger partial charge on any atom is -0.391 e. The van der Waals surface area contributed by atoms with Crippen LogP contribution in [0.1, 0.15) is 20.3 Å². The van der Waals surface area contributed by atoms with Crippen LogP contribution in [-0.2, 0) is 0 Å². The SMILES string of the molecule is CC(C)CC(O)CNc1ncnc(NN)c1[N+](=O)[O-]. The molecule has 0 aromatic carbocycles. The normalized spacial score (nSPS) is 12.3. The van der Waals surface area contributed by atoms with Crippen LogP contribution in [0.25, 0.3) is 0 Å². The number of hydrogen-bond acceptors (Lipinski definition) is 8. The Balaban J connectivity index is 2.80. The molecule has 106 valence electrons. The maximum atomic E-state index is 11.0. The summed E-state index contributed by atoms with van der Waals surface area (Å²) in [5.74, 6) is 5.43. The van der Waals surface area contributed by atoms with E-state index >= 15 is 0 Å². The fourth-order valence-corrected chi connectivity index (χ4v) is 1.63. The van der Waals surface area contributed by atoms with Crippen molar-refractivity contribution in [2.75, 3.05) is 17.3 Å². The first-order valence-corrected chi connectivity index (χ1v) is 5.83. The molecule has 0 aliphatic heterocycles. The molecule has 9 heteroatoms. The Morgan fingerprint density at radius 3 is 2.63 bits per heavy atom. The van der Waals surface area contributed by atoms with Gasteiger partial charge in [-0.3, -0.25) is 10.1 Å². The van der Waals surface area contributed by atoms with Gasteiger partial charge < -0.3 is 15.8 Å². The number of aliphatic hydroxyl groups is 1. The first kappa shape index (κ1) is 15.1. The summed E-state index contributed by atoms with van der Waals surface area (Å²) in [6, 6.07) is 0. The van der Waals surface area contributed by atoms with Crippen LogP contribution in [-0.4, -0.2) is 32.6 Å². The number of nitrogens with two attached hydrogens (primary N) is 1. The molecule has 0 saturated heterocycles. The van der Waals surface area contributed by atoms with E-state index in [0.717, 1.165) is 6.33 Å². The van der Waals surface area contributed by atoms with Gasteiger partial charge >= 0.3 is 5.69 Å². The number of nitrogen functional groups attached to an aromatic ring is 1. The lowest BCUT2D eigenvalue weighted by Crippen LogP contribution is -2.22. The van der Waals surface area contributed by atoms with E-state index in [4.69, 9.17) is 5.84 Å². The predicted octanol–water partition coefficient (Wildman–Crippen LogP) is 0.489. The van der Waals surface area contributed by atoms with Crippen LogP contribution in [0.2, 0.25) is 0 Å². The molecule has 1 aromatic rings. The van der Waals surface area contributed by atoms with Crippen LogP contribution in [0, 0.1) is 16.0 Å². The Morgan fingerprint density at radius 1 is 1.47 bits per heavy atom. The zero-order valence-corrected chi connectivity index (χ0v) is 10.8. The van der Waals surface area contributed by atoms with Crippen LogP contribution >= 0.6 is 0 Å². The van der Waals surface area contributed by atoms with E-state index in [0.29, 0.717) is 12.3 Å². The first-order chi connectivity index (χ1) is 8.95. The van der Waals surface area contributed by atoms with E-state index < -0.39 is 11.0 Å². The summed E-state index contributed by atoms with van der Waals surface area (Å²) in [4.78, 5) is 17.8. The molecule has 9 nitrogen and oxygen atoms in total. The Hall–Kier alpha value is -2.00. The molecule has 1 heterocycles. The van der Waals surface area contributed by atoms with Gasteiger partial charge in [-0.1, -0.05) is 13.8 Å². The molecule has 1 aromatic heterocycles. The van der Waals surface area contributed by atoms with Gasteiger partial charge in [0.05, 0.1) is 11.0 Å². The standard InChI is InChI=1S/C10H18N6O3/c1-6(2)3-7(17)4-12-9-8(16(18)19)10(15-11)14-5-13-9/h5-7,17H,3-4,11H2,1-2H3,(H2,12,13,14,15). The Labute approximate surface area is 110 Å². The van der Waals surface area contributed by atoms with Gasteiger partial charge in [0.25, 0.3) is 0 Å². The van der Waals surface area contributed by atoms with E-state index in [2.05, 4.69) is 20.7 Å². The number of nitrogens with one attached hydrogen (secondary N) is 2. The lowest BCUT2D eigenvalue weighted by Gasteiger charge is -2.14. The fraction of sp³-hybridized carbons (Fsp3) is 0.600. The van der Waals surface area contributed by atoms with Gasteiger partial charge in [-0.25, -0.2) is 15.8 Å². The quantitative estimate of drug-likeness (QED) is 0.319. The number of hydrazine groups is 1. The molecule has 1 unspecified atom stereocenters. The topological polar surface area (TPSA) is 139 Å². The van der Waals surface area contributed by atoms with Crippen molar-refractivity contribution in [2.24, 2.45) is 11.8 Å². The molecule has 0 spiro atoms. The van der Waals surface area contributed by atoms with Gasteiger partial charge in [0, 0.05) is 6.54 Å². The molecule has 0 fully saturated rings. The summed E-state index contributed by atoms with van der Waals surface area (Å²) < 4.78 is 0. The monoisotopic (exact) mass is 270 g/mol. The summed E-state index contributed by atoms with van der Waals surface area (Å²) in [5.41, 5.74) is 1.80. The van der Waals surface area contributed by atoms with Crippen LogP contribution in [0.3, 0.4) is 0 Å². The number of anilines is 2. The third-order valence-corrected chi connectivity index (χ3v) is 2.39. The summed E-state index contributed by atoms with van der Waals surface area (Å²) in [6.07, 6.45) is 1.14. The maximum absolute atomic E-state index is 11.0. The Morgan fingerprint density at radius 2 is 2.11 bits per heavy atom. The van der Waals surface area contributed by atoms with Gasteiger partial charge in [0.15, 0.2) is 0 Å². The predicted molar refractivity (Wildman–Crippen MR) is 70.4 cm³/mol. The number of nitro groups is 1. The first-order valence-electron chi connectivity index (χ1n) is 5.83. The van der Waals surface area contributed by atoms with Gasteiger partial charge in [0.1, 0.15) is 6.33 Å². The highest BCUT2D eigenvalue weighted by atomic mass is 16.6. The second-order valence-corrected chi connectivity index (χ2v) is 4.49. The molecule has 0 aliphatic rings. The van der Waals surface area contributed by atoms with E-state index in [1.54, 1.807) is 0 Å². The number of rotatable bonds is 7. The molecule has 0 bridgehead atoms. The summed E-state index contributed by atoms with van der Waals surface area (Å²) in [7, 11) is 0. The van der Waals surface area contributed by atoms with Crippen LogP contribution in [0.5, 0.6) is 0 Å². The van der Waals surface area contributed by atoms with E-state index in [1.165, 1.54) is 0 Å². The van der Waals surface area contributed by atoms with E-state index in [1.807, 2.05) is 13.8 Å². The van der Waals surface area contributed by atoms with Crippen molar-refractivity contribution >= 4 is 17.3 Å². The molecule has 0 amide bonds. The van der Waals surface area contributed by atoms with Crippen molar-refractivity contribution < 1.29 is 10.0 Å². The van der Waals surface area contributed by atoms with Crippen molar-refractivity contribution in [3.8, 4) is 0 Å². The lowest BCUT2D eigenvalue weighted by atomic mass is 10.1. The Bertz CT molecular complexity index is 439. The molecule has 5 N–H and O–H groups in total. The molecule has 0 radical (unpaired) electrons. The minimum absolute atomic E-state index is 0.0238. The largest absolute Gasteiger partial charge is 0.391 e. The maximum Gasteiger partial charge on any atom is 0.354 e. The molecule has 1 atom stereocenters. The highest BCUT2D eigenvalue weighted by molar-refractivity contribution is 5.68. The third kappa shape index (κ3) is 4.30. The fourth-order valence-electron chi connectivity index (χ4n) is 1.63. The highest BCUT2D eigenvalue weighted by Gasteiger charge is 2.22. The number of aliphatic hydroxyl groups excluding tert-OH is 1. The minimum atomic E-state index is -0.633. The third-order valence-electron chi connectivity index (χ3n) is 2.39. The molecule has 19 heavy (non-hydrogen) atoms. The van der Waals surface area contributed by atoms with Crippen LogP contribution < -0.4 is 16.6 Å². The number of aromatic nitrogens is 2. The van der Waals surface area contributed by atoms with Crippen molar-refractivity contribution in [1.82, 2.24) is 9.97 Å². The van der Waals surface area contributed by atoms with Crippen molar-refractivity contribution in [2.45, 2.75) is 26.4 Å². The summed E-state index contributed by atoms with van der Waals surface area (Å²) >= 11 is 0. The molecular formula is C10H18N6O3. The van der Waals surface area contributed by atoms with Crippen molar-refractivity contribution in [3.63, 3.8) is 0 Å². The molecule has 1 rings (SSSR count). The van der Waals surface area contributed by atoms with Gasteiger partial charge in [0.2, 0.25) is 11.6 Å². The Kier molecular flexibility index (Phi) is 5.39. The average molecular weight is 270 g/mol. The molecule has 0 aliphatic carbocycles. The second-order valence-electron chi connectivity index (χ2n) is 4.49. The molecular weight excluding hydrogens is 252 g/mol. The molecule has 0 saturated carbocycles. The van der Waals surface area contributed by atoms with E-state index in [-0.39, 0.29) is 23.9 Å². The summed E-state index contributed by atoms with van der Waals surface area (Å²) in [6.45, 7) is 4.12. The zero-order valence-electron chi connectivity index (χ0n) is 10.8. The van der Waals surface area contributed by atoms with Crippen LogP contribution in [0.4, 0.5) is 17.3 Å². The zero-order chi connectivity index (χ0) is 14.4. The lowest BCUT2D eigenvalue weighted by molar-refractivity contribution is -0.383. The van der Waals surface area contributed by atoms with Gasteiger partial charge in [-0.2, -0.15) is 0 Å². The number of hydrogen-bond donors (Lipinski definition) is 4. The smallest absolute Gasteiger partial charge is 0.354 e. The van der Waals surface area contributed by atoms with Gasteiger partial charge in [-0.05, 0) is 12.3 Å². The van der Waals surface area contributed by atoms with Crippen molar-refractivity contribution in [1.29, 1.82) is 0 Å². The van der Waals surface area contributed by atoms with E-state index in [9.17, 15) is 15.2 Å². The second kappa shape index (κ2) is 6.81. The van der Waals surface area contributed by atoms with Crippen molar-refractivity contribution in [3.05, 3.63) is 16.4 Å². The summed E-state index contributed by atoms with van der Waals surface area (Å²) in [5, 5.41) is 23.4. The van der Waals surface area contributed by atoms with Crippen LogP contribution in [0.15, 0.2) is 6.33 Å². The van der Waals surface area contributed by atoms with Gasteiger partial charge in [-0.15, -0.1) is 0 Å². The average Bonchev–Trinajstić information content (AvgIpc) is 2.34.